The van der Waals surface area contributed by atoms with Gasteiger partial charge in [-0.15, -0.1) is 0 Å². The van der Waals surface area contributed by atoms with Crippen LogP contribution in [0, 0.1) is 0 Å². The van der Waals surface area contributed by atoms with Gasteiger partial charge in [-0.2, -0.15) is 0 Å². The molecule has 0 aliphatic heterocycles. The minimum atomic E-state index is -0.988. The quantitative estimate of drug-likeness (QED) is 0.645. The predicted molar refractivity (Wildman–Crippen MR) is 100 cm³/mol. The monoisotopic (exact) mass is 372 g/mol. The minimum Gasteiger partial charge on any atom is -0.508 e. The molecule has 1 atom stereocenters. The largest absolute Gasteiger partial charge is 0.508 e. The van der Waals surface area contributed by atoms with Crippen LogP contribution in [0.2, 0.25) is 0 Å². The number of nitrogens with one attached hydrogen (secondary N) is 2. The first-order valence-electron chi connectivity index (χ1n) is 8.48. The Hall–Kier alpha value is -3.22. The van der Waals surface area contributed by atoms with Crippen molar-refractivity contribution in [3.05, 3.63) is 59.7 Å². The number of amides is 2. The van der Waals surface area contributed by atoms with Gasteiger partial charge in [-0.05, 0) is 56.2 Å². The molecule has 0 aliphatic carbocycles. The number of hydrogen-bond donors (Lipinski definition) is 4. The van der Waals surface area contributed by atoms with Crippen LogP contribution in [0.3, 0.4) is 0 Å². The SMILES string of the molecule is CC(C)(C)OC(=O)NC(C(=O)NCc1ccc(O)cc1)c1ccc(O)cc1. The van der Waals surface area contributed by atoms with Crippen LogP contribution >= 0.6 is 0 Å². The fourth-order valence-corrected chi connectivity index (χ4v) is 2.30. The average Bonchev–Trinajstić information content (AvgIpc) is 2.58. The summed E-state index contributed by atoms with van der Waals surface area (Å²) in [4.78, 5) is 24.8. The van der Waals surface area contributed by atoms with Crippen molar-refractivity contribution in [3.8, 4) is 11.5 Å². The molecule has 0 saturated heterocycles. The number of hydrogen-bond acceptors (Lipinski definition) is 5. The Labute approximate surface area is 158 Å². The van der Waals surface area contributed by atoms with Crippen LogP contribution in [-0.2, 0) is 16.1 Å². The van der Waals surface area contributed by atoms with E-state index in [-0.39, 0.29) is 18.0 Å². The zero-order chi connectivity index (χ0) is 20.0. The van der Waals surface area contributed by atoms with Crippen molar-refractivity contribution in [1.82, 2.24) is 10.6 Å². The molecule has 2 amide bonds. The molecule has 144 valence electrons. The van der Waals surface area contributed by atoms with Crippen LogP contribution in [0.1, 0.15) is 37.9 Å². The van der Waals surface area contributed by atoms with Crippen LogP contribution in [0.15, 0.2) is 48.5 Å². The molecule has 0 bridgehead atoms. The first kappa shape index (κ1) is 20.1. The standard InChI is InChI=1S/C20H24N2O5/c1-20(2,3)27-19(26)22-17(14-6-10-16(24)11-7-14)18(25)21-12-13-4-8-15(23)9-5-13/h4-11,17,23-24H,12H2,1-3H3,(H,21,25)(H,22,26). The van der Waals surface area contributed by atoms with Gasteiger partial charge in [0.2, 0.25) is 5.91 Å². The summed E-state index contributed by atoms with van der Waals surface area (Å²) in [6.45, 7) is 5.41. The van der Waals surface area contributed by atoms with Crippen molar-refractivity contribution in [2.45, 2.75) is 39.0 Å². The van der Waals surface area contributed by atoms with E-state index in [1.54, 1.807) is 45.0 Å². The lowest BCUT2D eigenvalue weighted by atomic mass is 10.1. The summed E-state index contributed by atoms with van der Waals surface area (Å²) in [5.74, 6) is -0.238. The molecule has 2 aromatic rings. The smallest absolute Gasteiger partial charge is 0.408 e. The van der Waals surface area contributed by atoms with E-state index in [1.165, 1.54) is 24.3 Å². The topological polar surface area (TPSA) is 108 Å². The summed E-state index contributed by atoms with van der Waals surface area (Å²) in [7, 11) is 0. The Bertz CT molecular complexity index is 780. The van der Waals surface area contributed by atoms with Gasteiger partial charge in [0.25, 0.3) is 0 Å². The Morgan fingerprint density at radius 2 is 1.48 bits per heavy atom. The number of carbonyl (C=O) groups is 2. The van der Waals surface area contributed by atoms with Crippen molar-refractivity contribution in [2.24, 2.45) is 0 Å². The Morgan fingerprint density at radius 3 is 2.00 bits per heavy atom. The summed E-state index contributed by atoms with van der Waals surface area (Å²) >= 11 is 0. The van der Waals surface area contributed by atoms with Crippen LogP contribution in [-0.4, -0.2) is 27.8 Å². The molecule has 0 saturated carbocycles. The maximum absolute atomic E-state index is 12.7. The van der Waals surface area contributed by atoms with Gasteiger partial charge >= 0.3 is 6.09 Å². The molecule has 0 aliphatic rings. The second kappa shape index (κ2) is 8.44. The van der Waals surface area contributed by atoms with E-state index in [1.807, 2.05) is 0 Å². The highest BCUT2D eigenvalue weighted by Crippen LogP contribution is 2.19. The molecule has 0 heterocycles. The lowest BCUT2D eigenvalue weighted by Gasteiger charge is -2.23. The Balaban J connectivity index is 2.12. The Kier molecular flexibility index (Phi) is 6.28. The molecule has 4 N–H and O–H groups in total. The number of phenolic OH excluding ortho intramolecular Hbond substituents is 2. The lowest BCUT2D eigenvalue weighted by molar-refractivity contribution is -0.123. The normalized spacial score (nSPS) is 12.1. The molecule has 0 radical (unpaired) electrons. The third kappa shape index (κ3) is 6.54. The zero-order valence-corrected chi connectivity index (χ0v) is 15.5. The lowest BCUT2D eigenvalue weighted by Crippen LogP contribution is -2.42. The Morgan fingerprint density at radius 1 is 0.963 bits per heavy atom. The second-order valence-corrected chi connectivity index (χ2v) is 7.06. The van der Waals surface area contributed by atoms with Gasteiger partial charge < -0.3 is 25.6 Å². The van der Waals surface area contributed by atoms with E-state index >= 15 is 0 Å². The van der Waals surface area contributed by atoms with Crippen LogP contribution < -0.4 is 10.6 Å². The van der Waals surface area contributed by atoms with Crippen LogP contribution in [0.4, 0.5) is 4.79 Å². The van der Waals surface area contributed by atoms with Crippen molar-refractivity contribution < 1.29 is 24.5 Å². The van der Waals surface area contributed by atoms with E-state index in [0.717, 1.165) is 5.56 Å². The molecule has 2 aromatic carbocycles. The maximum Gasteiger partial charge on any atom is 0.408 e. The van der Waals surface area contributed by atoms with Crippen LogP contribution in [0.25, 0.3) is 0 Å². The predicted octanol–water partition coefficient (Wildman–Crippen LogP) is 2.98. The molecule has 0 spiro atoms. The van der Waals surface area contributed by atoms with E-state index < -0.39 is 23.6 Å². The number of ether oxygens (including phenoxy) is 1. The molecule has 27 heavy (non-hydrogen) atoms. The van der Waals surface area contributed by atoms with Gasteiger partial charge in [-0.25, -0.2) is 4.79 Å². The van der Waals surface area contributed by atoms with E-state index in [2.05, 4.69) is 10.6 Å². The van der Waals surface area contributed by atoms with Gasteiger partial charge in [0, 0.05) is 6.54 Å². The number of aromatic hydroxyl groups is 2. The third-order valence-corrected chi connectivity index (χ3v) is 3.55. The summed E-state index contributed by atoms with van der Waals surface area (Å²) < 4.78 is 5.23. The van der Waals surface area contributed by atoms with E-state index in [4.69, 9.17) is 4.74 Å². The fraction of sp³-hybridized carbons (Fsp3) is 0.300. The van der Waals surface area contributed by atoms with Crippen LogP contribution in [0.5, 0.6) is 11.5 Å². The van der Waals surface area contributed by atoms with E-state index in [0.29, 0.717) is 5.56 Å². The van der Waals surface area contributed by atoms with Crippen molar-refractivity contribution in [1.29, 1.82) is 0 Å². The van der Waals surface area contributed by atoms with Gasteiger partial charge in [0.15, 0.2) is 0 Å². The number of carbonyl (C=O) groups excluding carboxylic acids is 2. The number of rotatable bonds is 5. The average molecular weight is 372 g/mol. The number of benzene rings is 2. The molecule has 2 rings (SSSR count). The summed E-state index contributed by atoms with van der Waals surface area (Å²) in [5.41, 5.74) is 0.594. The molecule has 1 unspecified atom stereocenters. The summed E-state index contributed by atoms with van der Waals surface area (Å²) in [6, 6.07) is 11.4. The van der Waals surface area contributed by atoms with Crippen molar-refractivity contribution in [3.63, 3.8) is 0 Å². The first-order chi connectivity index (χ1) is 12.6. The highest BCUT2D eigenvalue weighted by atomic mass is 16.6. The third-order valence-electron chi connectivity index (χ3n) is 3.55. The highest BCUT2D eigenvalue weighted by Gasteiger charge is 2.25. The fourth-order valence-electron chi connectivity index (χ4n) is 2.30. The molecule has 0 aromatic heterocycles. The minimum absolute atomic E-state index is 0.0549. The van der Waals surface area contributed by atoms with Crippen molar-refractivity contribution >= 4 is 12.0 Å². The summed E-state index contributed by atoms with van der Waals surface area (Å²) in [6.07, 6.45) is -0.722. The summed E-state index contributed by atoms with van der Waals surface area (Å²) in [5, 5.41) is 24.1. The number of alkyl carbamates (subject to hydrolysis) is 1. The van der Waals surface area contributed by atoms with Gasteiger partial charge in [0.05, 0.1) is 0 Å². The molecular weight excluding hydrogens is 348 g/mol. The van der Waals surface area contributed by atoms with Gasteiger partial charge in [0.1, 0.15) is 23.1 Å². The molecule has 7 nitrogen and oxygen atoms in total. The number of phenols is 2. The van der Waals surface area contributed by atoms with Gasteiger partial charge in [-0.3, -0.25) is 4.79 Å². The zero-order valence-electron chi connectivity index (χ0n) is 15.5. The maximum atomic E-state index is 12.7. The molecule has 7 heteroatoms. The van der Waals surface area contributed by atoms with E-state index in [9.17, 15) is 19.8 Å². The molecular formula is C20H24N2O5. The molecule has 0 fully saturated rings. The van der Waals surface area contributed by atoms with Crippen molar-refractivity contribution in [2.75, 3.05) is 0 Å². The highest BCUT2D eigenvalue weighted by molar-refractivity contribution is 5.87. The first-order valence-corrected chi connectivity index (χ1v) is 8.48. The van der Waals surface area contributed by atoms with Gasteiger partial charge in [-0.1, -0.05) is 24.3 Å². The second-order valence-electron chi connectivity index (χ2n) is 7.06.